The Bertz CT molecular complexity index is 715. The van der Waals surface area contributed by atoms with Crippen molar-refractivity contribution < 1.29 is 14.0 Å². The Morgan fingerprint density at radius 2 is 1.68 bits per heavy atom. The molecule has 0 aliphatic heterocycles. The summed E-state index contributed by atoms with van der Waals surface area (Å²) in [4.78, 5) is 24.4. The molecule has 6 heteroatoms. The summed E-state index contributed by atoms with van der Waals surface area (Å²) in [5.74, 6) is -0.210. The molecule has 4 nitrogen and oxygen atoms in total. The number of hydrogen-bond donors (Lipinski definition) is 2. The van der Waals surface area contributed by atoms with Gasteiger partial charge in [0, 0.05) is 23.0 Å². The van der Waals surface area contributed by atoms with Crippen LogP contribution in [-0.2, 0) is 16.1 Å². The Morgan fingerprint density at radius 1 is 1.04 bits per heavy atom. The van der Waals surface area contributed by atoms with Crippen molar-refractivity contribution in [3.05, 3.63) is 59.9 Å². The first-order chi connectivity index (χ1) is 11.9. The van der Waals surface area contributed by atoms with Crippen LogP contribution in [0.2, 0.25) is 0 Å². The van der Waals surface area contributed by atoms with Crippen LogP contribution >= 0.6 is 11.8 Å². The lowest BCUT2D eigenvalue weighted by Gasteiger charge is -2.09. The van der Waals surface area contributed by atoms with Gasteiger partial charge < -0.3 is 10.6 Å². The van der Waals surface area contributed by atoms with E-state index in [1.807, 2.05) is 38.1 Å². The number of halogens is 1. The van der Waals surface area contributed by atoms with Crippen molar-refractivity contribution in [1.82, 2.24) is 5.32 Å². The molecule has 0 aliphatic rings. The lowest BCUT2D eigenvalue weighted by molar-refractivity contribution is -0.119. The molecule has 2 N–H and O–H groups in total. The largest absolute Gasteiger partial charge is 0.351 e. The number of carbonyl (C=O) groups excluding carboxylic acids is 2. The zero-order valence-electron chi connectivity index (χ0n) is 14.2. The highest BCUT2D eigenvalue weighted by Gasteiger charge is 2.07. The fourth-order valence-electron chi connectivity index (χ4n) is 1.92. The van der Waals surface area contributed by atoms with Gasteiger partial charge >= 0.3 is 0 Å². The quantitative estimate of drug-likeness (QED) is 0.738. The van der Waals surface area contributed by atoms with Gasteiger partial charge in [-0.15, -0.1) is 11.8 Å². The topological polar surface area (TPSA) is 58.2 Å². The fourth-order valence-corrected chi connectivity index (χ4v) is 2.65. The second kappa shape index (κ2) is 9.22. The Hall–Kier alpha value is -2.34. The van der Waals surface area contributed by atoms with Gasteiger partial charge in [0.05, 0.1) is 5.75 Å². The van der Waals surface area contributed by atoms with Crippen LogP contribution in [0.25, 0.3) is 0 Å². The normalized spacial score (nSPS) is 10.6. The third kappa shape index (κ3) is 6.58. The summed E-state index contributed by atoms with van der Waals surface area (Å²) in [6.45, 7) is 4.09. The van der Waals surface area contributed by atoms with E-state index in [0.717, 1.165) is 16.1 Å². The Morgan fingerprint density at radius 3 is 2.28 bits per heavy atom. The Kier molecular flexibility index (Phi) is 7.01. The molecule has 0 aliphatic carbocycles. The molecule has 25 heavy (non-hydrogen) atoms. The molecule has 132 valence electrons. The molecule has 0 bridgehead atoms. The van der Waals surface area contributed by atoms with Gasteiger partial charge in [0.2, 0.25) is 11.8 Å². The van der Waals surface area contributed by atoms with Crippen molar-refractivity contribution in [3.8, 4) is 0 Å². The van der Waals surface area contributed by atoms with Gasteiger partial charge in [-0.3, -0.25) is 9.59 Å². The molecule has 2 amide bonds. The molecule has 2 rings (SSSR count). The zero-order chi connectivity index (χ0) is 18.2. The molecule has 2 aromatic rings. The minimum atomic E-state index is -0.290. The van der Waals surface area contributed by atoms with E-state index in [2.05, 4.69) is 10.6 Å². The van der Waals surface area contributed by atoms with Crippen molar-refractivity contribution in [3.63, 3.8) is 0 Å². The van der Waals surface area contributed by atoms with E-state index in [-0.39, 0.29) is 29.3 Å². The Balaban J connectivity index is 1.75. The van der Waals surface area contributed by atoms with Crippen LogP contribution in [0.15, 0.2) is 53.4 Å². The number of thioether (sulfide) groups is 1. The number of nitrogens with one attached hydrogen (secondary N) is 2. The van der Waals surface area contributed by atoms with Crippen molar-refractivity contribution in [2.75, 3.05) is 11.1 Å². The van der Waals surface area contributed by atoms with E-state index in [1.165, 1.54) is 23.9 Å². The highest BCUT2D eigenvalue weighted by atomic mass is 32.2. The summed E-state index contributed by atoms with van der Waals surface area (Å²) in [7, 11) is 0. The minimum absolute atomic E-state index is 0.0288. The van der Waals surface area contributed by atoms with Crippen LogP contribution in [0.1, 0.15) is 19.4 Å². The molecule has 0 fully saturated rings. The van der Waals surface area contributed by atoms with Gasteiger partial charge in [0.15, 0.2) is 0 Å². The summed E-state index contributed by atoms with van der Waals surface area (Å²) in [6, 6.07) is 13.4. The standard InChI is InChI=1S/C19H21FN2O2S/c1-13(2)19(24)22-16-7-3-14(4-8-16)11-21-18(23)12-25-17-9-5-15(20)6-10-17/h3-10,13H,11-12H2,1-2H3,(H,21,23)(H,22,24). The molecule has 0 radical (unpaired) electrons. The SMILES string of the molecule is CC(C)C(=O)Nc1ccc(CNC(=O)CSc2ccc(F)cc2)cc1. The van der Waals surface area contributed by atoms with Crippen LogP contribution in [-0.4, -0.2) is 17.6 Å². The maximum absolute atomic E-state index is 12.8. The number of rotatable bonds is 7. The molecule has 0 atom stereocenters. The smallest absolute Gasteiger partial charge is 0.230 e. The predicted octanol–water partition coefficient (Wildman–Crippen LogP) is 3.83. The minimum Gasteiger partial charge on any atom is -0.351 e. The molecule has 0 heterocycles. The molecule has 0 spiro atoms. The summed E-state index contributed by atoms with van der Waals surface area (Å²) in [6.07, 6.45) is 0. The van der Waals surface area contributed by atoms with E-state index >= 15 is 0 Å². The summed E-state index contributed by atoms with van der Waals surface area (Å²) in [5, 5.41) is 5.66. The molecule has 0 saturated heterocycles. The third-order valence-corrected chi connectivity index (χ3v) is 4.43. The van der Waals surface area contributed by atoms with Crippen LogP contribution in [0.5, 0.6) is 0 Å². The number of amides is 2. The fraction of sp³-hybridized carbons (Fsp3) is 0.263. The first-order valence-corrected chi connectivity index (χ1v) is 8.97. The van der Waals surface area contributed by atoms with E-state index in [9.17, 15) is 14.0 Å². The lowest BCUT2D eigenvalue weighted by Crippen LogP contribution is -2.24. The maximum Gasteiger partial charge on any atom is 0.230 e. The van der Waals surface area contributed by atoms with Crippen LogP contribution in [0.3, 0.4) is 0 Å². The molecule has 0 saturated carbocycles. The predicted molar refractivity (Wildman–Crippen MR) is 98.9 cm³/mol. The number of hydrogen-bond acceptors (Lipinski definition) is 3. The summed E-state index contributed by atoms with van der Waals surface area (Å²) >= 11 is 1.36. The molecular weight excluding hydrogens is 339 g/mol. The lowest BCUT2D eigenvalue weighted by atomic mass is 10.1. The van der Waals surface area contributed by atoms with Gasteiger partial charge in [-0.1, -0.05) is 26.0 Å². The summed E-state index contributed by atoms with van der Waals surface area (Å²) < 4.78 is 12.8. The highest BCUT2D eigenvalue weighted by Crippen LogP contribution is 2.17. The van der Waals surface area contributed by atoms with Crippen molar-refractivity contribution >= 4 is 29.3 Å². The van der Waals surface area contributed by atoms with Crippen LogP contribution in [0.4, 0.5) is 10.1 Å². The molecule has 0 unspecified atom stereocenters. The molecule has 2 aromatic carbocycles. The van der Waals surface area contributed by atoms with Crippen molar-refractivity contribution in [2.45, 2.75) is 25.3 Å². The van der Waals surface area contributed by atoms with Gasteiger partial charge in [-0.25, -0.2) is 4.39 Å². The first-order valence-electron chi connectivity index (χ1n) is 7.99. The second-order valence-electron chi connectivity index (χ2n) is 5.86. The van der Waals surface area contributed by atoms with E-state index in [0.29, 0.717) is 6.54 Å². The van der Waals surface area contributed by atoms with Gasteiger partial charge in [0.25, 0.3) is 0 Å². The van der Waals surface area contributed by atoms with Gasteiger partial charge in [-0.2, -0.15) is 0 Å². The van der Waals surface area contributed by atoms with Gasteiger partial charge in [0.1, 0.15) is 5.82 Å². The third-order valence-electron chi connectivity index (χ3n) is 3.42. The maximum atomic E-state index is 12.8. The number of benzene rings is 2. The first kappa shape index (κ1) is 19.0. The van der Waals surface area contributed by atoms with Crippen LogP contribution < -0.4 is 10.6 Å². The average Bonchev–Trinajstić information content (AvgIpc) is 2.60. The summed E-state index contributed by atoms with van der Waals surface area (Å²) in [5.41, 5.74) is 1.68. The molecule has 0 aromatic heterocycles. The van der Waals surface area contributed by atoms with Gasteiger partial charge in [-0.05, 0) is 42.0 Å². The average molecular weight is 360 g/mol. The second-order valence-corrected chi connectivity index (χ2v) is 6.91. The van der Waals surface area contributed by atoms with E-state index in [4.69, 9.17) is 0 Å². The molecular formula is C19H21FN2O2S. The van der Waals surface area contributed by atoms with Crippen LogP contribution in [0, 0.1) is 11.7 Å². The van der Waals surface area contributed by atoms with E-state index < -0.39 is 0 Å². The zero-order valence-corrected chi connectivity index (χ0v) is 15.0. The number of carbonyl (C=O) groups is 2. The Labute approximate surface area is 151 Å². The number of anilines is 1. The monoisotopic (exact) mass is 360 g/mol. The van der Waals surface area contributed by atoms with E-state index in [1.54, 1.807) is 12.1 Å². The van der Waals surface area contributed by atoms with Crippen molar-refractivity contribution in [2.24, 2.45) is 5.92 Å². The highest BCUT2D eigenvalue weighted by molar-refractivity contribution is 8.00. The van der Waals surface area contributed by atoms with Crippen molar-refractivity contribution in [1.29, 1.82) is 0 Å².